The molecule has 6 heteroatoms. The molecule has 1 spiro atoms. The fourth-order valence-corrected chi connectivity index (χ4v) is 4.92. The summed E-state index contributed by atoms with van der Waals surface area (Å²) in [4.78, 5) is 11.3. The monoisotopic (exact) mass is 391 g/mol. The first-order valence-electron chi connectivity index (χ1n) is 9.11. The van der Waals surface area contributed by atoms with Gasteiger partial charge in [-0.15, -0.1) is 0 Å². The van der Waals surface area contributed by atoms with Crippen LogP contribution in [-0.2, 0) is 16.1 Å². The topological polar surface area (TPSA) is 52.3 Å². The molecule has 1 aromatic carbocycles. The van der Waals surface area contributed by atoms with Crippen molar-refractivity contribution < 1.29 is 14.1 Å². The van der Waals surface area contributed by atoms with Gasteiger partial charge in [-0.3, -0.25) is 4.79 Å². The molecular weight excluding hydrogens is 373 g/mol. The van der Waals surface area contributed by atoms with Crippen molar-refractivity contribution in [3.8, 4) is 11.3 Å². The summed E-state index contributed by atoms with van der Waals surface area (Å²) < 4.78 is 11.8. The Morgan fingerprint density at radius 2 is 1.88 bits per heavy atom. The highest BCUT2D eigenvalue weighted by molar-refractivity contribution is 6.39. The van der Waals surface area contributed by atoms with Gasteiger partial charge in [0.25, 0.3) is 0 Å². The average molecular weight is 392 g/mol. The predicted molar refractivity (Wildman–Crippen MR) is 98.4 cm³/mol. The summed E-state index contributed by atoms with van der Waals surface area (Å²) in [6.07, 6.45) is 5.86. The lowest BCUT2D eigenvalue weighted by Gasteiger charge is -2.52. The van der Waals surface area contributed by atoms with Crippen LogP contribution in [0, 0.1) is 5.41 Å². The number of nitrogens with zero attached hydrogens (tertiary/aromatic N) is 1. The van der Waals surface area contributed by atoms with E-state index in [1.807, 2.05) is 18.2 Å². The first kappa shape index (κ1) is 16.8. The third-order valence-corrected chi connectivity index (χ3v) is 6.53. The number of aromatic nitrogens is 1. The van der Waals surface area contributed by atoms with Crippen molar-refractivity contribution >= 4 is 29.0 Å². The fourth-order valence-electron chi connectivity index (χ4n) is 4.35. The lowest BCUT2D eigenvalue weighted by Crippen LogP contribution is -2.51. The van der Waals surface area contributed by atoms with Gasteiger partial charge in [0, 0.05) is 29.9 Å². The number of rotatable bonds is 5. The van der Waals surface area contributed by atoms with Gasteiger partial charge in [-0.1, -0.05) is 34.4 Å². The average Bonchev–Trinajstić information content (AvgIpc) is 3.30. The van der Waals surface area contributed by atoms with Crippen LogP contribution in [0.3, 0.4) is 0 Å². The number of halogens is 2. The molecule has 1 heterocycles. The molecule has 1 aromatic heterocycles. The lowest BCUT2D eigenvalue weighted by molar-refractivity contribution is -0.156. The number of ketones is 1. The Bertz CT molecular complexity index is 851. The van der Waals surface area contributed by atoms with Gasteiger partial charge in [-0.05, 0) is 43.2 Å². The molecule has 0 saturated heterocycles. The molecule has 0 unspecified atom stereocenters. The van der Waals surface area contributed by atoms with E-state index in [0.717, 1.165) is 49.8 Å². The number of carbonyl (C=O) groups excluding carboxylic acids is 1. The Kier molecular flexibility index (Phi) is 3.93. The molecular formula is C20H19Cl2NO3. The normalized spacial score (nSPS) is 21.7. The smallest absolute Gasteiger partial charge is 0.145 e. The maximum Gasteiger partial charge on any atom is 0.145 e. The second-order valence-electron chi connectivity index (χ2n) is 7.98. The lowest BCUT2D eigenvalue weighted by atomic mass is 9.54. The Balaban J connectivity index is 1.37. The molecule has 4 nitrogen and oxygen atoms in total. The van der Waals surface area contributed by atoms with E-state index < -0.39 is 0 Å². The van der Waals surface area contributed by atoms with Crippen LogP contribution < -0.4 is 0 Å². The molecule has 136 valence electrons. The van der Waals surface area contributed by atoms with Crippen LogP contribution in [0.2, 0.25) is 10.0 Å². The zero-order valence-electron chi connectivity index (χ0n) is 14.3. The standard InChI is InChI=1S/C20H19Cl2NO3/c21-15-2-1-3-16(22)17(15)18-14(19(26-23-18)11-4-5-11)10-25-13-8-20(9-13)6-12(24)7-20/h1-3,11,13H,4-10H2. The van der Waals surface area contributed by atoms with E-state index >= 15 is 0 Å². The number of carbonyl (C=O) groups is 1. The minimum atomic E-state index is 0.208. The van der Waals surface area contributed by atoms with Crippen molar-refractivity contribution in [2.45, 2.75) is 57.2 Å². The zero-order valence-corrected chi connectivity index (χ0v) is 15.8. The van der Waals surface area contributed by atoms with Crippen LogP contribution in [0.5, 0.6) is 0 Å². The molecule has 3 saturated carbocycles. The van der Waals surface area contributed by atoms with Crippen molar-refractivity contribution in [1.29, 1.82) is 0 Å². The van der Waals surface area contributed by atoms with Gasteiger partial charge in [0.05, 0.1) is 22.8 Å². The van der Waals surface area contributed by atoms with E-state index in [0.29, 0.717) is 39.6 Å². The second kappa shape index (κ2) is 6.08. The first-order valence-corrected chi connectivity index (χ1v) is 9.86. The molecule has 3 aliphatic rings. The number of Topliss-reactive ketones (excluding diaryl/α,β-unsaturated/α-hetero) is 1. The zero-order chi connectivity index (χ0) is 17.9. The summed E-state index contributed by atoms with van der Waals surface area (Å²) >= 11 is 12.8. The summed E-state index contributed by atoms with van der Waals surface area (Å²) in [5, 5.41) is 5.41. The summed E-state index contributed by atoms with van der Waals surface area (Å²) in [6, 6.07) is 5.43. The number of benzene rings is 1. The third kappa shape index (κ3) is 2.79. The third-order valence-electron chi connectivity index (χ3n) is 5.90. The van der Waals surface area contributed by atoms with E-state index in [1.54, 1.807) is 0 Å². The molecule has 0 aliphatic heterocycles. The van der Waals surface area contributed by atoms with Gasteiger partial charge in [0.15, 0.2) is 0 Å². The fraction of sp³-hybridized carbons (Fsp3) is 0.500. The molecule has 0 radical (unpaired) electrons. The molecule has 3 fully saturated rings. The van der Waals surface area contributed by atoms with Crippen LogP contribution in [-0.4, -0.2) is 17.0 Å². The van der Waals surface area contributed by atoms with Crippen LogP contribution in [0.4, 0.5) is 0 Å². The van der Waals surface area contributed by atoms with Gasteiger partial charge in [-0.25, -0.2) is 0 Å². The predicted octanol–water partition coefficient (Wildman–Crippen LogP) is 5.55. The van der Waals surface area contributed by atoms with Crippen molar-refractivity contribution in [3.63, 3.8) is 0 Å². The van der Waals surface area contributed by atoms with Crippen LogP contribution in [0.1, 0.15) is 55.8 Å². The van der Waals surface area contributed by atoms with Gasteiger partial charge in [0.2, 0.25) is 0 Å². The minimum absolute atomic E-state index is 0.208. The summed E-state index contributed by atoms with van der Waals surface area (Å²) in [5.41, 5.74) is 2.60. The highest BCUT2D eigenvalue weighted by atomic mass is 35.5. The van der Waals surface area contributed by atoms with E-state index in [9.17, 15) is 4.79 Å². The van der Waals surface area contributed by atoms with E-state index in [2.05, 4.69) is 5.16 Å². The Labute approximate surface area is 161 Å². The largest absolute Gasteiger partial charge is 0.373 e. The highest BCUT2D eigenvalue weighted by Crippen LogP contribution is 2.55. The second-order valence-corrected chi connectivity index (χ2v) is 8.79. The van der Waals surface area contributed by atoms with Crippen LogP contribution >= 0.6 is 23.2 Å². The molecule has 26 heavy (non-hydrogen) atoms. The van der Waals surface area contributed by atoms with Gasteiger partial charge in [-0.2, -0.15) is 0 Å². The minimum Gasteiger partial charge on any atom is -0.373 e. The quantitative estimate of drug-likeness (QED) is 0.669. The van der Waals surface area contributed by atoms with Crippen LogP contribution in [0.15, 0.2) is 22.7 Å². The van der Waals surface area contributed by atoms with E-state index in [4.69, 9.17) is 32.5 Å². The van der Waals surface area contributed by atoms with Crippen molar-refractivity contribution in [3.05, 3.63) is 39.6 Å². The van der Waals surface area contributed by atoms with Crippen molar-refractivity contribution in [2.24, 2.45) is 5.41 Å². The Hall–Kier alpha value is -1.36. The van der Waals surface area contributed by atoms with Crippen LogP contribution in [0.25, 0.3) is 11.3 Å². The Morgan fingerprint density at radius 1 is 1.19 bits per heavy atom. The summed E-state index contributed by atoms with van der Waals surface area (Å²) in [5.74, 6) is 1.71. The molecule has 0 atom stereocenters. The maximum atomic E-state index is 11.3. The highest BCUT2D eigenvalue weighted by Gasteiger charge is 2.53. The number of ether oxygens (including phenoxy) is 1. The van der Waals surface area contributed by atoms with E-state index in [-0.39, 0.29) is 11.5 Å². The maximum absolute atomic E-state index is 11.3. The molecule has 5 rings (SSSR count). The van der Waals surface area contributed by atoms with Gasteiger partial charge >= 0.3 is 0 Å². The molecule has 0 bridgehead atoms. The SMILES string of the molecule is O=C1CC2(C1)CC(OCc1c(-c3c(Cl)cccc3Cl)noc1C1CC1)C2. The van der Waals surface area contributed by atoms with Gasteiger partial charge in [0.1, 0.15) is 17.2 Å². The summed E-state index contributed by atoms with van der Waals surface area (Å²) in [6.45, 7) is 0.445. The molecule has 0 amide bonds. The van der Waals surface area contributed by atoms with Crippen molar-refractivity contribution in [2.75, 3.05) is 0 Å². The summed E-state index contributed by atoms with van der Waals surface area (Å²) in [7, 11) is 0. The molecule has 0 N–H and O–H groups in total. The van der Waals surface area contributed by atoms with Crippen molar-refractivity contribution in [1.82, 2.24) is 5.16 Å². The molecule has 3 aliphatic carbocycles. The number of hydrogen-bond donors (Lipinski definition) is 0. The van der Waals surface area contributed by atoms with Gasteiger partial charge < -0.3 is 9.26 Å². The Morgan fingerprint density at radius 3 is 2.50 bits per heavy atom. The number of hydrogen-bond acceptors (Lipinski definition) is 4. The first-order chi connectivity index (χ1) is 12.5. The van der Waals surface area contributed by atoms with E-state index in [1.165, 1.54) is 0 Å². The molecule has 2 aromatic rings.